The van der Waals surface area contributed by atoms with Crippen LogP contribution in [0.1, 0.15) is 70.3 Å². The van der Waals surface area contributed by atoms with Crippen molar-refractivity contribution < 1.29 is 4.74 Å². The molecule has 0 spiro atoms. The molecule has 2 fully saturated rings. The number of anilines is 2. The molecule has 0 unspecified atom stereocenters. The fourth-order valence-corrected chi connectivity index (χ4v) is 5.59. The van der Waals surface area contributed by atoms with E-state index >= 15 is 0 Å². The number of benzene rings is 2. The molecule has 2 aliphatic carbocycles. The monoisotopic (exact) mass is 406 g/mol. The summed E-state index contributed by atoms with van der Waals surface area (Å²) in [6.07, 6.45) is 14.2. The summed E-state index contributed by atoms with van der Waals surface area (Å²) in [5.74, 6) is 5.40. The minimum absolute atomic E-state index is 0.567. The van der Waals surface area contributed by atoms with Crippen molar-refractivity contribution >= 4 is 11.4 Å². The van der Waals surface area contributed by atoms with Crippen molar-refractivity contribution in [1.82, 2.24) is 0 Å². The molecule has 2 aromatic carbocycles. The van der Waals surface area contributed by atoms with Gasteiger partial charge in [0, 0.05) is 5.69 Å². The zero-order valence-electron chi connectivity index (χ0n) is 18.5. The average Bonchev–Trinajstić information content (AvgIpc) is 2.76. The molecule has 0 atom stereocenters. The molecule has 0 radical (unpaired) electrons. The molecular formula is C27H38N2O. The quantitative estimate of drug-likeness (QED) is 0.498. The Morgan fingerprint density at radius 2 is 1.43 bits per heavy atom. The molecule has 3 heteroatoms. The number of ether oxygens (including phenoxy) is 1. The molecule has 2 aliphatic rings. The fraction of sp³-hybridized carbons (Fsp3) is 0.556. The van der Waals surface area contributed by atoms with Gasteiger partial charge in [0.2, 0.25) is 0 Å². The van der Waals surface area contributed by atoms with Crippen molar-refractivity contribution in [2.24, 2.45) is 23.7 Å². The van der Waals surface area contributed by atoms with Gasteiger partial charge >= 0.3 is 0 Å². The molecular weight excluding hydrogens is 368 g/mol. The number of nitrogen functional groups attached to an aromatic ring is 2. The van der Waals surface area contributed by atoms with E-state index in [1.807, 2.05) is 24.3 Å². The normalized spacial score (nSPS) is 27.0. The van der Waals surface area contributed by atoms with Gasteiger partial charge in [0.25, 0.3) is 0 Å². The second kappa shape index (κ2) is 9.76. The smallest absolute Gasteiger partial charge is 0.150 e. The maximum atomic E-state index is 5.99. The molecule has 0 saturated heterocycles. The molecule has 0 amide bonds. The van der Waals surface area contributed by atoms with Gasteiger partial charge in [-0.2, -0.15) is 0 Å². The molecule has 3 nitrogen and oxygen atoms in total. The molecule has 4 rings (SSSR count). The van der Waals surface area contributed by atoms with Crippen LogP contribution >= 0.6 is 0 Å². The lowest BCUT2D eigenvalue weighted by atomic mass is 9.69. The molecule has 4 N–H and O–H groups in total. The summed E-state index contributed by atoms with van der Waals surface area (Å²) in [7, 11) is 0. The predicted molar refractivity (Wildman–Crippen MR) is 127 cm³/mol. The first-order chi connectivity index (χ1) is 14.6. The van der Waals surface area contributed by atoms with Gasteiger partial charge in [0.1, 0.15) is 11.5 Å². The summed E-state index contributed by atoms with van der Waals surface area (Å²) >= 11 is 0. The van der Waals surface area contributed by atoms with Gasteiger partial charge < -0.3 is 16.2 Å². The number of rotatable bonds is 6. The second-order valence-electron chi connectivity index (χ2n) is 9.88. The first-order valence-corrected chi connectivity index (χ1v) is 12.0. The minimum atomic E-state index is 0.567. The standard InChI is InChI=1S/C27H38N2O/c1-19-2-10-22(11-3-19)23-12-6-20(7-13-23)4-5-21-8-15-25(16-9-21)30-27-17-14-24(28)18-26(27)29/h8-9,14-20,22-23H,2-7,10-13,28-29H2,1H3. The van der Waals surface area contributed by atoms with Crippen molar-refractivity contribution in [2.75, 3.05) is 11.5 Å². The number of hydrogen-bond donors (Lipinski definition) is 2. The van der Waals surface area contributed by atoms with E-state index in [4.69, 9.17) is 16.2 Å². The number of nitrogens with two attached hydrogens (primary N) is 2. The Morgan fingerprint density at radius 1 is 0.800 bits per heavy atom. The Hall–Kier alpha value is -2.16. The van der Waals surface area contributed by atoms with Gasteiger partial charge in [0.05, 0.1) is 5.69 Å². The first kappa shape index (κ1) is 21.1. The Labute approximate surface area is 182 Å². The lowest BCUT2D eigenvalue weighted by Gasteiger charge is -2.37. The van der Waals surface area contributed by atoms with Crippen molar-refractivity contribution in [3.8, 4) is 11.5 Å². The molecule has 2 aromatic rings. The van der Waals surface area contributed by atoms with Crippen LogP contribution in [0.25, 0.3) is 0 Å². The third-order valence-electron chi connectivity index (χ3n) is 7.64. The highest BCUT2D eigenvalue weighted by atomic mass is 16.5. The third-order valence-corrected chi connectivity index (χ3v) is 7.64. The highest BCUT2D eigenvalue weighted by molar-refractivity contribution is 5.61. The largest absolute Gasteiger partial charge is 0.455 e. The first-order valence-electron chi connectivity index (χ1n) is 12.0. The Bertz CT molecular complexity index is 800. The van der Waals surface area contributed by atoms with Crippen molar-refractivity contribution in [3.05, 3.63) is 48.0 Å². The van der Waals surface area contributed by atoms with Crippen LogP contribution in [0.2, 0.25) is 0 Å². The fourth-order valence-electron chi connectivity index (χ4n) is 5.59. The van der Waals surface area contributed by atoms with E-state index in [0.717, 1.165) is 29.4 Å². The summed E-state index contributed by atoms with van der Waals surface area (Å²) in [4.78, 5) is 0. The molecule has 0 bridgehead atoms. The summed E-state index contributed by atoms with van der Waals surface area (Å²) in [5, 5.41) is 0. The van der Waals surface area contributed by atoms with Gasteiger partial charge in [0.15, 0.2) is 0 Å². The predicted octanol–water partition coefficient (Wildman–Crippen LogP) is 7.21. The van der Waals surface area contributed by atoms with Crippen molar-refractivity contribution in [2.45, 2.75) is 71.1 Å². The van der Waals surface area contributed by atoms with Crippen LogP contribution < -0.4 is 16.2 Å². The summed E-state index contributed by atoms with van der Waals surface area (Å²) < 4.78 is 5.91. The molecule has 0 aromatic heterocycles. The molecule has 2 saturated carbocycles. The van der Waals surface area contributed by atoms with E-state index < -0.39 is 0 Å². The Kier molecular flexibility index (Phi) is 6.86. The minimum Gasteiger partial charge on any atom is -0.455 e. The van der Waals surface area contributed by atoms with Crippen LogP contribution in [0.3, 0.4) is 0 Å². The Morgan fingerprint density at radius 3 is 2.07 bits per heavy atom. The molecule has 162 valence electrons. The zero-order chi connectivity index (χ0) is 20.9. The van der Waals surface area contributed by atoms with Gasteiger partial charge in [-0.05, 0) is 98.1 Å². The summed E-state index contributed by atoms with van der Waals surface area (Å²) in [6, 6.07) is 13.8. The maximum absolute atomic E-state index is 5.99. The number of hydrogen-bond acceptors (Lipinski definition) is 3. The second-order valence-corrected chi connectivity index (χ2v) is 9.88. The van der Waals surface area contributed by atoms with Gasteiger partial charge in [-0.25, -0.2) is 0 Å². The molecule has 0 aliphatic heterocycles. The van der Waals surface area contributed by atoms with E-state index in [-0.39, 0.29) is 0 Å². The van der Waals surface area contributed by atoms with Gasteiger partial charge in [-0.1, -0.05) is 44.7 Å². The summed E-state index contributed by atoms with van der Waals surface area (Å²) in [6.45, 7) is 2.43. The van der Waals surface area contributed by atoms with Gasteiger partial charge in [-0.3, -0.25) is 0 Å². The number of aryl methyl sites for hydroxylation is 1. The van der Waals surface area contributed by atoms with Crippen LogP contribution in [0, 0.1) is 23.7 Å². The maximum Gasteiger partial charge on any atom is 0.150 e. The van der Waals surface area contributed by atoms with Crippen LogP contribution in [-0.2, 0) is 6.42 Å². The lowest BCUT2D eigenvalue weighted by molar-refractivity contribution is 0.148. The SMILES string of the molecule is CC1CCC(C2CCC(CCc3ccc(Oc4ccc(N)cc4N)cc3)CC2)CC1. The molecule has 0 heterocycles. The van der Waals surface area contributed by atoms with E-state index in [9.17, 15) is 0 Å². The van der Waals surface area contributed by atoms with E-state index in [1.165, 1.54) is 69.8 Å². The highest BCUT2D eigenvalue weighted by Crippen LogP contribution is 2.42. The van der Waals surface area contributed by atoms with Crippen molar-refractivity contribution in [3.63, 3.8) is 0 Å². The van der Waals surface area contributed by atoms with Crippen molar-refractivity contribution in [1.29, 1.82) is 0 Å². The topological polar surface area (TPSA) is 61.3 Å². The van der Waals surface area contributed by atoms with Gasteiger partial charge in [-0.15, -0.1) is 0 Å². The van der Waals surface area contributed by atoms with E-state index in [1.54, 1.807) is 6.07 Å². The zero-order valence-corrected chi connectivity index (χ0v) is 18.5. The summed E-state index contributed by atoms with van der Waals surface area (Å²) in [5.41, 5.74) is 14.4. The average molecular weight is 407 g/mol. The van der Waals surface area contributed by atoms with Crippen LogP contribution in [0.4, 0.5) is 11.4 Å². The Balaban J connectivity index is 1.21. The van der Waals surface area contributed by atoms with Crippen LogP contribution in [0.5, 0.6) is 11.5 Å². The van der Waals surface area contributed by atoms with Crippen LogP contribution in [0.15, 0.2) is 42.5 Å². The third kappa shape index (κ3) is 5.50. The van der Waals surface area contributed by atoms with Crippen LogP contribution in [-0.4, -0.2) is 0 Å². The highest BCUT2D eigenvalue weighted by Gasteiger charge is 2.29. The lowest BCUT2D eigenvalue weighted by Crippen LogP contribution is -2.25. The van der Waals surface area contributed by atoms with E-state index in [2.05, 4.69) is 19.1 Å². The molecule has 30 heavy (non-hydrogen) atoms. The van der Waals surface area contributed by atoms with E-state index in [0.29, 0.717) is 17.1 Å².